The number of fused-ring (bicyclic) bond motifs is 1. The van der Waals surface area contributed by atoms with Gasteiger partial charge in [-0.3, -0.25) is 9.59 Å². The second-order valence-electron chi connectivity index (χ2n) is 8.47. The van der Waals surface area contributed by atoms with Gasteiger partial charge in [0, 0.05) is 35.1 Å². The van der Waals surface area contributed by atoms with Crippen LogP contribution >= 0.6 is 23.2 Å². The highest BCUT2D eigenvalue weighted by molar-refractivity contribution is 6.38. The van der Waals surface area contributed by atoms with Crippen LogP contribution in [0.25, 0.3) is 10.9 Å². The van der Waals surface area contributed by atoms with E-state index in [1.54, 1.807) is 19.2 Å². The number of nitrogens with zero attached hydrogens (tertiary/aromatic N) is 2. The number of para-hydroxylation sites is 1. The van der Waals surface area contributed by atoms with Crippen molar-refractivity contribution in [2.75, 3.05) is 18.5 Å². The molecule has 0 saturated carbocycles. The van der Waals surface area contributed by atoms with E-state index in [-0.39, 0.29) is 25.0 Å². The molecular formula is C27H31Cl2N3O3. The summed E-state index contributed by atoms with van der Waals surface area (Å²) in [7, 11) is 1.62. The lowest BCUT2D eigenvalue weighted by Gasteiger charge is -2.21. The summed E-state index contributed by atoms with van der Waals surface area (Å²) in [5, 5.41) is 4.42. The van der Waals surface area contributed by atoms with Crippen molar-refractivity contribution >= 4 is 51.6 Å². The average Bonchev–Trinajstić information content (AvgIpc) is 2.84. The molecule has 186 valence electrons. The van der Waals surface area contributed by atoms with Crippen LogP contribution in [0.1, 0.15) is 50.3 Å². The third-order valence-electron chi connectivity index (χ3n) is 5.79. The Labute approximate surface area is 216 Å². The van der Waals surface area contributed by atoms with E-state index in [0.717, 1.165) is 42.3 Å². The van der Waals surface area contributed by atoms with Crippen LogP contribution in [0, 0.1) is 6.92 Å². The number of amides is 2. The standard InChI is InChI=1S/C27H31Cl2N3O3/c1-4-5-6-7-11-24(33)30-16-25(34)32(3)22-15-14-21(28)20(26(22)29)17-35-23-10-8-9-19-13-12-18(2)31-27(19)23/h8-10,12-15H,4-7,11,16-17H2,1-3H3,(H,30,33). The maximum atomic E-state index is 12.7. The third-order valence-corrected chi connectivity index (χ3v) is 6.57. The highest BCUT2D eigenvalue weighted by Gasteiger charge is 2.19. The number of anilines is 1. The van der Waals surface area contributed by atoms with Crippen LogP contribution < -0.4 is 15.0 Å². The van der Waals surface area contributed by atoms with Crippen molar-refractivity contribution < 1.29 is 14.3 Å². The fourth-order valence-electron chi connectivity index (χ4n) is 3.69. The minimum absolute atomic E-state index is 0.102. The second-order valence-corrected chi connectivity index (χ2v) is 9.25. The molecule has 1 N–H and O–H groups in total. The molecule has 0 radical (unpaired) electrons. The van der Waals surface area contributed by atoms with Crippen molar-refractivity contribution in [1.82, 2.24) is 10.3 Å². The fourth-order valence-corrected chi connectivity index (χ4v) is 4.29. The molecule has 6 nitrogen and oxygen atoms in total. The van der Waals surface area contributed by atoms with Gasteiger partial charge in [-0.15, -0.1) is 0 Å². The smallest absolute Gasteiger partial charge is 0.246 e. The van der Waals surface area contributed by atoms with Crippen molar-refractivity contribution in [1.29, 1.82) is 0 Å². The maximum Gasteiger partial charge on any atom is 0.246 e. The molecule has 0 bridgehead atoms. The number of hydrogen-bond acceptors (Lipinski definition) is 4. The molecule has 0 atom stereocenters. The zero-order chi connectivity index (χ0) is 25.4. The predicted octanol–water partition coefficient (Wildman–Crippen LogP) is 6.48. The van der Waals surface area contributed by atoms with Gasteiger partial charge in [-0.2, -0.15) is 0 Å². The Morgan fingerprint density at radius 3 is 2.63 bits per heavy atom. The molecule has 0 unspecified atom stereocenters. The molecule has 0 fully saturated rings. The molecule has 3 rings (SSSR count). The van der Waals surface area contributed by atoms with Crippen LogP contribution in [0.15, 0.2) is 42.5 Å². The van der Waals surface area contributed by atoms with Crippen molar-refractivity contribution in [2.45, 2.75) is 52.6 Å². The Bertz CT molecular complexity index is 1200. The molecule has 3 aromatic rings. The normalized spacial score (nSPS) is 10.9. The Hall–Kier alpha value is -2.83. The largest absolute Gasteiger partial charge is 0.487 e. The van der Waals surface area contributed by atoms with Crippen molar-refractivity contribution in [3.8, 4) is 5.75 Å². The van der Waals surface area contributed by atoms with Gasteiger partial charge in [0.1, 0.15) is 17.9 Å². The summed E-state index contributed by atoms with van der Waals surface area (Å²) in [6.07, 6.45) is 4.47. The van der Waals surface area contributed by atoms with E-state index < -0.39 is 0 Å². The minimum Gasteiger partial charge on any atom is -0.487 e. The molecule has 0 spiro atoms. The summed E-state index contributed by atoms with van der Waals surface area (Å²) in [5.41, 5.74) is 2.70. The van der Waals surface area contributed by atoms with Crippen LogP contribution in [-0.4, -0.2) is 30.4 Å². The first kappa shape index (κ1) is 26.8. The summed E-state index contributed by atoms with van der Waals surface area (Å²) in [6.45, 7) is 4.05. The predicted molar refractivity (Wildman–Crippen MR) is 142 cm³/mol. The summed E-state index contributed by atoms with van der Waals surface area (Å²) in [5.74, 6) is 0.213. The number of rotatable bonds is 11. The van der Waals surface area contributed by atoms with Crippen molar-refractivity contribution in [3.05, 3.63) is 63.8 Å². The summed E-state index contributed by atoms with van der Waals surface area (Å²) in [4.78, 5) is 30.7. The van der Waals surface area contributed by atoms with E-state index in [0.29, 0.717) is 33.5 Å². The van der Waals surface area contributed by atoms with E-state index in [9.17, 15) is 9.59 Å². The number of ether oxygens (including phenoxy) is 1. The first-order valence-electron chi connectivity index (χ1n) is 11.8. The maximum absolute atomic E-state index is 12.7. The highest BCUT2D eigenvalue weighted by atomic mass is 35.5. The van der Waals surface area contributed by atoms with Crippen LogP contribution in [0.5, 0.6) is 5.75 Å². The second kappa shape index (κ2) is 12.8. The molecule has 0 aliphatic carbocycles. The number of carbonyl (C=O) groups excluding carboxylic acids is 2. The zero-order valence-electron chi connectivity index (χ0n) is 20.4. The Morgan fingerprint density at radius 2 is 1.86 bits per heavy atom. The number of pyridine rings is 1. The molecule has 0 saturated heterocycles. The van der Waals surface area contributed by atoms with Gasteiger partial charge in [-0.25, -0.2) is 4.98 Å². The van der Waals surface area contributed by atoms with Crippen molar-refractivity contribution in [3.63, 3.8) is 0 Å². The molecule has 0 aliphatic rings. The van der Waals surface area contributed by atoms with Gasteiger partial charge in [0.2, 0.25) is 11.8 Å². The van der Waals surface area contributed by atoms with Gasteiger partial charge < -0.3 is 15.0 Å². The first-order chi connectivity index (χ1) is 16.8. The number of likely N-dealkylation sites (N-methyl/N-ethyl adjacent to an activating group) is 1. The lowest BCUT2D eigenvalue weighted by atomic mass is 10.1. The molecule has 35 heavy (non-hydrogen) atoms. The fraction of sp³-hybridized carbons (Fsp3) is 0.370. The van der Waals surface area contributed by atoms with E-state index in [1.807, 2.05) is 37.3 Å². The van der Waals surface area contributed by atoms with Gasteiger partial charge >= 0.3 is 0 Å². The lowest BCUT2D eigenvalue weighted by Crippen LogP contribution is -2.38. The molecule has 1 heterocycles. The number of nitrogens with one attached hydrogen (secondary N) is 1. The molecule has 2 amide bonds. The van der Waals surface area contributed by atoms with Gasteiger partial charge in [-0.1, -0.05) is 67.6 Å². The van der Waals surface area contributed by atoms with Crippen LogP contribution in [-0.2, 0) is 16.2 Å². The molecule has 0 aliphatic heterocycles. The summed E-state index contributed by atoms with van der Waals surface area (Å²) in [6, 6.07) is 13.0. The van der Waals surface area contributed by atoms with E-state index in [4.69, 9.17) is 27.9 Å². The SMILES string of the molecule is CCCCCCC(=O)NCC(=O)N(C)c1ccc(Cl)c(COc2cccc3ccc(C)nc23)c1Cl. The zero-order valence-corrected chi connectivity index (χ0v) is 21.9. The molecule has 2 aromatic carbocycles. The third kappa shape index (κ3) is 7.09. The Morgan fingerprint density at radius 1 is 1.06 bits per heavy atom. The van der Waals surface area contributed by atoms with Gasteiger partial charge in [0.25, 0.3) is 0 Å². The monoisotopic (exact) mass is 515 g/mol. The van der Waals surface area contributed by atoms with Crippen LogP contribution in [0.3, 0.4) is 0 Å². The van der Waals surface area contributed by atoms with Crippen LogP contribution in [0.2, 0.25) is 10.0 Å². The summed E-state index contributed by atoms with van der Waals surface area (Å²) >= 11 is 13.1. The highest BCUT2D eigenvalue weighted by Crippen LogP contribution is 2.35. The topological polar surface area (TPSA) is 71.5 Å². The Kier molecular flexibility index (Phi) is 9.75. The Balaban J connectivity index is 1.68. The van der Waals surface area contributed by atoms with E-state index in [1.165, 1.54) is 4.90 Å². The van der Waals surface area contributed by atoms with Gasteiger partial charge in [0.05, 0.1) is 17.3 Å². The van der Waals surface area contributed by atoms with Gasteiger partial charge in [-0.05, 0) is 37.6 Å². The van der Waals surface area contributed by atoms with Crippen LogP contribution in [0.4, 0.5) is 5.69 Å². The quantitative estimate of drug-likeness (QED) is 0.296. The van der Waals surface area contributed by atoms with Crippen molar-refractivity contribution in [2.24, 2.45) is 0 Å². The molecule has 1 aromatic heterocycles. The number of unbranched alkanes of at least 4 members (excludes halogenated alkanes) is 3. The number of hydrogen-bond donors (Lipinski definition) is 1. The first-order valence-corrected chi connectivity index (χ1v) is 12.6. The number of carbonyl (C=O) groups is 2. The number of benzene rings is 2. The molecule has 8 heteroatoms. The van der Waals surface area contributed by atoms with Gasteiger partial charge in [0.15, 0.2) is 0 Å². The average molecular weight is 516 g/mol. The number of halogens is 2. The summed E-state index contributed by atoms with van der Waals surface area (Å²) < 4.78 is 6.06. The minimum atomic E-state index is -0.281. The lowest BCUT2D eigenvalue weighted by molar-refractivity contribution is -0.124. The number of aromatic nitrogens is 1. The molecular weight excluding hydrogens is 485 g/mol. The van der Waals surface area contributed by atoms with E-state index >= 15 is 0 Å². The number of aryl methyl sites for hydroxylation is 1. The van der Waals surface area contributed by atoms with E-state index in [2.05, 4.69) is 17.2 Å².